The van der Waals surface area contributed by atoms with Crippen molar-refractivity contribution >= 4 is 6.03 Å². The maximum absolute atomic E-state index is 14.1. The van der Waals surface area contributed by atoms with Gasteiger partial charge in [0.15, 0.2) is 11.6 Å². The molecule has 1 aromatic carbocycles. The van der Waals surface area contributed by atoms with Gasteiger partial charge in [-0.05, 0) is 62.1 Å². The molecular formula is C25H30F4N2O3. The second kappa shape index (κ2) is 8.73. The van der Waals surface area contributed by atoms with E-state index in [-0.39, 0.29) is 29.4 Å². The molecule has 0 N–H and O–H groups in total. The van der Waals surface area contributed by atoms with Crippen molar-refractivity contribution in [2.45, 2.75) is 56.9 Å². The number of hydrogen-bond acceptors (Lipinski definition) is 3. The number of fused-ring (bicyclic) bond motifs is 1. The third-order valence-electron chi connectivity index (χ3n) is 7.96. The minimum absolute atomic E-state index is 0.0613. The van der Waals surface area contributed by atoms with Gasteiger partial charge in [0.2, 0.25) is 0 Å². The molecule has 0 unspecified atom stereocenters. The molecule has 3 heterocycles. The molecule has 1 aromatic rings. The van der Waals surface area contributed by atoms with Crippen LogP contribution in [0, 0.1) is 17.2 Å². The zero-order valence-electron chi connectivity index (χ0n) is 19.1. The molecule has 0 radical (unpaired) electrons. The van der Waals surface area contributed by atoms with E-state index in [1.165, 1.54) is 0 Å². The van der Waals surface area contributed by atoms with Crippen LogP contribution in [0.4, 0.5) is 22.4 Å². The van der Waals surface area contributed by atoms with Crippen molar-refractivity contribution in [3.63, 3.8) is 0 Å². The van der Waals surface area contributed by atoms with Crippen LogP contribution in [0.1, 0.15) is 44.1 Å². The maximum Gasteiger partial charge on any atom is 0.416 e. The van der Waals surface area contributed by atoms with Crippen LogP contribution >= 0.6 is 0 Å². The van der Waals surface area contributed by atoms with Crippen molar-refractivity contribution in [2.24, 2.45) is 11.3 Å². The lowest BCUT2D eigenvalue weighted by atomic mass is 9.61. The van der Waals surface area contributed by atoms with Gasteiger partial charge in [-0.1, -0.05) is 12.2 Å². The van der Waals surface area contributed by atoms with Gasteiger partial charge >= 0.3 is 12.2 Å². The average Bonchev–Trinajstić information content (AvgIpc) is 2.78. The third kappa shape index (κ3) is 4.63. The number of urea groups is 1. The first kappa shape index (κ1) is 23.5. The maximum atomic E-state index is 14.1. The lowest BCUT2D eigenvalue weighted by Gasteiger charge is -2.52. The van der Waals surface area contributed by atoms with E-state index in [0.717, 1.165) is 56.2 Å². The van der Waals surface area contributed by atoms with Gasteiger partial charge in [0.05, 0.1) is 24.4 Å². The predicted molar refractivity (Wildman–Crippen MR) is 117 cm³/mol. The monoisotopic (exact) mass is 482 g/mol. The lowest BCUT2D eigenvalue weighted by molar-refractivity contribution is -0.137. The molecule has 5 rings (SSSR count). The molecule has 2 amide bonds. The SMILES string of the molecule is C=C1CO[C@H]2CCN(C(=O)N3CCC4(CC3)CC(Oc3ccc(C(F)(F)F)cc3F)C4)C[C@@H]2C1. The second-order valence-corrected chi connectivity index (χ2v) is 10.4. The first-order valence-corrected chi connectivity index (χ1v) is 12.0. The Bertz CT molecular complexity index is 950. The first-order valence-electron chi connectivity index (χ1n) is 12.0. The fourth-order valence-electron chi connectivity index (χ4n) is 5.98. The molecule has 1 spiro atoms. The van der Waals surface area contributed by atoms with Gasteiger partial charge in [0, 0.05) is 32.1 Å². The van der Waals surface area contributed by atoms with Crippen LogP contribution in [0.15, 0.2) is 30.4 Å². The number of likely N-dealkylation sites (tertiary alicyclic amines) is 2. The Kier molecular flexibility index (Phi) is 6.02. The smallest absolute Gasteiger partial charge is 0.416 e. The Morgan fingerprint density at radius 1 is 1.15 bits per heavy atom. The van der Waals surface area contributed by atoms with Gasteiger partial charge in [0.25, 0.3) is 0 Å². The van der Waals surface area contributed by atoms with Crippen molar-refractivity contribution in [2.75, 3.05) is 32.8 Å². The van der Waals surface area contributed by atoms with Gasteiger partial charge in [-0.2, -0.15) is 13.2 Å². The molecule has 9 heteroatoms. The summed E-state index contributed by atoms with van der Waals surface area (Å²) in [5.41, 5.74) is 0.129. The molecule has 3 aliphatic heterocycles. The van der Waals surface area contributed by atoms with E-state index in [2.05, 4.69) is 6.58 Å². The van der Waals surface area contributed by atoms with Gasteiger partial charge < -0.3 is 19.3 Å². The van der Waals surface area contributed by atoms with Gasteiger partial charge in [0.1, 0.15) is 0 Å². The van der Waals surface area contributed by atoms with E-state index in [1.807, 2.05) is 9.80 Å². The summed E-state index contributed by atoms with van der Waals surface area (Å²) in [6, 6.07) is 2.46. The molecule has 3 saturated heterocycles. The van der Waals surface area contributed by atoms with Crippen LogP contribution in [0.2, 0.25) is 0 Å². The van der Waals surface area contributed by atoms with Gasteiger partial charge in [-0.15, -0.1) is 0 Å². The van der Waals surface area contributed by atoms with Gasteiger partial charge in [-0.3, -0.25) is 0 Å². The summed E-state index contributed by atoms with van der Waals surface area (Å²) >= 11 is 0. The Morgan fingerprint density at radius 3 is 2.56 bits per heavy atom. The number of nitrogens with zero attached hydrogens (tertiary/aromatic N) is 2. The van der Waals surface area contributed by atoms with Crippen LogP contribution in [0.25, 0.3) is 0 Å². The van der Waals surface area contributed by atoms with Crippen LogP contribution in [-0.2, 0) is 10.9 Å². The van der Waals surface area contributed by atoms with Crippen molar-refractivity contribution in [3.8, 4) is 5.75 Å². The number of alkyl halides is 3. The highest BCUT2D eigenvalue weighted by molar-refractivity contribution is 5.74. The van der Waals surface area contributed by atoms with E-state index in [0.29, 0.717) is 44.8 Å². The van der Waals surface area contributed by atoms with Crippen LogP contribution < -0.4 is 4.74 Å². The third-order valence-corrected chi connectivity index (χ3v) is 7.96. The molecule has 1 aliphatic carbocycles. The number of hydrogen-bond donors (Lipinski definition) is 0. The summed E-state index contributed by atoms with van der Waals surface area (Å²) in [5.74, 6) is -0.810. The van der Waals surface area contributed by atoms with Crippen molar-refractivity contribution < 1.29 is 31.8 Å². The number of piperidine rings is 2. The zero-order chi connectivity index (χ0) is 24.1. The minimum Gasteiger partial charge on any atom is -0.487 e. The molecule has 4 aliphatic rings. The summed E-state index contributed by atoms with van der Waals surface area (Å²) in [7, 11) is 0. The molecule has 186 valence electrons. The molecule has 5 nitrogen and oxygen atoms in total. The number of ether oxygens (including phenoxy) is 2. The number of rotatable bonds is 2. The summed E-state index contributed by atoms with van der Waals surface area (Å²) < 4.78 is 63.8. The number of amides is 2. The molecule has 0 bridgehead atoms. The highest BCUT2D eigenvalue weighted by atomic mass is 19.4. The Morgan fingerprint density at radius 2 is 1.88 bits per heavy atom. The highest BCUT2D eigenvalue weighted by Crippen LogP contribution is 2.50. The molecular weight excluding hydrogens is 452 g/mol. The standard InChI is InChI=1S/C25H30F4N2O3/c1-16-10-17-14-31(7-4-21(17)33-15-16)23(32)30-8-5-24(6-9-30)12-19(13-24)34-22-3-2-18(11-20(22)26)25(27,28)29/h2-3,11,17,19,21H,1,4-10,12-15H2/t17-,21-/m0/s1. The fraction of sp³-hybridized carbons (Fsp3) is 0.640. The lowest BCUT2D eigenvalue weighted by Crippen LogP contribution is -2.56. The summed E-state index contributed by atoms with van der Waals surface area (Å²) in [6.45, 7) is 7.42. The normalized spacial score (nSPS) is 27.4. The quantitative estimate of drug-likeness (QED) is 0.427. The molecule has 34 heavy (non-hydrogen) atoms. The van der Waals surface area contributed by atoms with E-state index in [1.54, 1.807) is 0 Å². The molecule has 0 aromatic heterocycles. The summed E-state index contributed by atoms with van der Waals surface area (Å²) in [5, 5.41) is 0. The number of halogens is 4. The Labute approximate surface area is 196 Å². The Hall–Kier alpha value is -2.29. The van der Waals surface area contributed by atoms with Crippen LogP contribution in [-0.4, -0.2) is 60.8 Å². The largest absolute Gasteiger partial charge is 0.487 e. The van der Waals surface area contributed by atoms with Crippen molar-refractivity contribution in [1.29, 1.82) is 0 Å². The minimum atomic E-state index is -4.58. The summed E-state index contributed by atoms with van der Waals surface area (Å²) in [6.07, 6.45) is 0.360. The molecule has 2 atom stereocenters. The molecule has 1 saturated carbocycles. The van der Waals surface area contributed by atoms with Crippen LogP contribution in [0.3, 0.4) is 0 Å². The Balaban J connectivity index is 1.10. The van der Waals surface area contributed by atoms with Gasteiger partial charge in [-0.25, -0.2) is 9.18 Å². The predicted octanol–water partition coefficient (Wildman–Crippen LogP) is 5.25. The average molecular weight is 483 g/mol. The van der Waals surface area contributed by atoms with Crippen LogP contribution in [0.5, 0.6) is 5.75 Å². The summed E-state index contributed by atoms with van der Waals surface area (Å²) in [4.78, 5) is 17.0. The zero-order valence-corrected chi connectivity index (χ0v) is 19.1. The van der Waals surface area contributed by atoms with E-state index in [4.69, 9.17) is 9.47 Å². The number of benzene rings is 1. The number of carbonyl (C=O) groups is 1. The second-order valence-electron chi connectivity index (χ2n) is 10.4. The highest BCUT2D eigenvalue weighted by Gasteiger charge is 2.48. The van der Waals surface area contributed by atoms with E-state index in [9.17, 15) is 22.4 Å². The molecule has 4 fully saturated rings. The van der Waals surface area contributed by atoms with E-state index >= 15 is 0 Å². The first-order chi connectivity index (χ1) is 16.1. The van der Waals surface area contributed by atoms with Crippen molar-refractivity contribution in [3.05, 3.63) is 41.7 Å². The topological polar surface area (TPSA) is 42.0 Å². The number of carbonyl (C=O) groups excluding carboxylic acids is 1. The fourth-order valence-corrected chi connectivity index (χ4v) is 5.98. The van der Waals surface area contributed by atoms with Crippen molar-refractivity contribution in [1.82, 2.24) is 9.80 Å². The van der Waals surface area contributed by atoms with E-state index < -0.39 is 17.6 Å².